The van der Waals surface area contributed by atoms with Crippen LogP contribution >= 0.6 is 0 Å². The van der Waals surface area contributed by atoms with Crippen LogP contribution in [0.4, 0.5) is 0 Å². The summed E-state index contributed by atoms with van der Waals surface area (Å²) < 4.78 is 69.3. The van der Waals surface area contributed by atoms with Crippen LogP contribution < -0.4 is 9.47 Å². The van der Waals surface area contributed by atoms with Gasteiger partial charge in [0.15, 0.2) is 30.9 Å². The fraction of sp³-hybridized carbons (Fsp3) is 0.561. The van der Waals surface area contributed by atoms with Crippen molar-refractivity contribution in [1.29, 1.82) is 0 Å². The molecule has 14 nitrogen and oxygen atoms in total. The van der Waals surface area contributed by atoms with Crippen molar-refractivity contribution in [1.82, 2.24) is 0 Å². The number of methoxy groups -OCH3 is 2. The van der Waals surface area contributed by atoms with E-state index in [0.29, 0.717) is 24.3 Å². The SMILES string of the molecule is C=CCO[C@@H]1O[C@@H](C)[C@H](O[C@@H]2O[C@@H](C)[C@H](OC(=O)CCCCCCCCCCC)[C@@H](OCc3ccc(OC)cc3)[C@H]2OC(=O)/C=C/c2ccccc2)[C@@H](OCc2ccc(OC)cc2)[C@H]1OC(=O)[C@@H](C)CC. The topological polar surface area (TPSA) is 153 Å². The Morgan fingerprint density at radius 3 is 1.72 bits per heavy atom. The quantitative estimate of drug-likeness (QED) is 0.0205. The molecule has 0 aliphatic carbocycles. The van der Waals surface area contributed by atoms with Crippen LogP contribution in [0.1, 0.15) is 122 Å². The monoisotopic (exact) mass is 987 g/mol. The number of hydrogen-bond acceptors (Lipinski definition) is 14. The highest BCUT2D eigenvalue weighted by atomic mass is 16.8. The van der Waals surface area contributed by atoms with Crippen molar-refractivity contribution in [2.24, 2.45) is 5.92 Å². The summed E-state index contributed by atoms with van der Waals surface area (Å²) in [7, 11) is 3.18. The summed E-state index contributed by atoms with van der Waals surface area (Å²) in [5.41, 5.74) is 2.37. The van der Waals surface area contributed by atoms with E-state index in [4.69, 9.17) is 52.1 Å². The van der Waals surface area contributed by atoms with E-state index in [1.165, 1.54) is 38.2 Å². The third-order valence-corrected chi connectivity index (χ3v) is 12.8. The Morgan fingerprint density at radius 2 is 1.15 bits per heavy atom. The van der Waals surface area contributed by atoms with E-state index in [-0.39, 0.29) is 26.2 Å². The van der Waals surface area contributed by atoms with Gasteiger partial charge in [-0.05, 0) is 73.7 Å². The van der Waals surface area contributed by atoms with Crippen molar-refractivity contribution in [3.63, 3.8) is 0 Å². The molecular weight excluding hydrogens is 909 g/mol. The summed E-state index contributed by atoms with van der Waals surface area (Å²) in [6, 6.07) is 24.1. The smallest absolute Gasteiger partial charge is 0.331 e. The van der Waals surface area contributed by atoms with E-state index in [1.807, 2.05) is 85.8 Å². The molecule has 0 saturated carbocycles. The highest BCUT2D eigenvalue weighted by molar-refractivity contribution is 5.87. The van der Waals surface area contributed by atoms with E-state index in [0.717, 1.165) is 36.0 Å². The van der Waals surface area contributed by atoms with Gasteiger partial charge in [0.2, 0.25) is 0 Å². The molecule has 2 fully saturated rings. The highest BCUT2D eigenvalue weighted by Gasteiger charge is 2.55. The van der Waals surface area contributed by atoms with Crippen molar-refractivity contribution >= 4 is 24.0 Å². The van der Waals surface area contributed by atoms with Gasteiger partial charge in [0, 0.05) is 12.5 Å². The Kier molecular flexibility index (Phi) is 24.6. The first-order chi connectivity index (χ1) is 34.5. The predicted molar refractivity (Wildman–Crippen MR) is 269 cm³/mol. The molecule has 0 N–H and O–H groups in total. The molecule has 2 heterocycles. The van der Waals surface area contributed by atoms with Gasteiger partial charge in [-0.2, -0.15) is 0 Å². The van der Waals surface area contributed by atoms with Crippen LogP contribution in [0.5, 0.6) is 11.5 Å². The lowest BCUT2D eigenvalue weighted by atomic mass is 9.96. The lowest BCUT2D eigenvalue weighted by molar-refractivity contribution is -0.360. The van der Waals surface area contributed by atoms with E-state index in [2.05, 4.69) is 13.5 Å². The van der Waals surface area contributed by atoms with Gasteiger partial charge < -0.3 is 52.1 Å². The molecule has 0 aromatic heterocycles. The molecule has 0 unspecified atom stereocenters. The van der Waals surface area contributed by atoms with Crippen molar-refractivity contribution < 1.29 is 66.5 Å². The number of hydrogen-bond donors (Lipinski definition) is 0. The first-order valence-corrected chi connectivity index (χ1v) is 25.5. The van der Waals surface area contributed by atoms with Crippen molar-refractivity contribution in [2.75, 3.05) is 20.8 Å². The van der Waals surface area contributed by atoms with Crippen molar-refractivity contribution in [3.05, 3.63) is 114 Å². The average Bonchev–Trinajstić information content (AvgIpc) is 3.38. The van der Waals surface area contributed by atoms with Crippen molar-refractivity contribution in [2.45, 2.75) is 180 Å². The normalized spacial score (nSPS) is 24.7. The Hall–Kier alpha value is -5.09. The third-order valence-electron chi connectivity index (χ3n) is 12.8. The Labute approximate surface area is 421 Å². The second-order valence-electron chi connectivity index (χ2n) is 18.3. The Morgan fingerprint density at radius 1 is 0.620 bits per heavy atom. The van der Waals surface area contributed by atoms with Crippen LogP contribution in [0, 0.1) is 5.92 Å². The predicted octanol–water partition coefficient (Wildman–Crippen LogP) is 10.7. The number of esters is 3. The number of carbonyl (C=O) groups excluding carboxylic acids is 3. The first kappa shape index (κ1) is 56.8. The molecule has 71 heavy (non-hydrogen) atoms. The minimum Gasteiger partial charge on any atom is -0.497 e. The molecule has 2 saturated heterocycles. The molecule has 2 aliphatic rings. The molecule has 5 rings (SSSR count). The average molecular weight is 987 g/mol. The zero-order valence-corrected chi connectivity index (χ0v) is 42.9. The van der Waals surface area contributed by atoms with Crippen molar-refractivity contribution in [3.8, 4) is 11.5 Å². The molecule has 3 aromatic carbocycles. The van der Waals surface area contributed by atoms with Gasteiger partial charge in [-0.15, -0.1) is 6.58 Å². The lowest BCUT2D eigenvalue weighted by Gasteiger charge is -2.48. The van der Waals surface area contributed by atoms with Gasteiger partial charge in [-0.25, -0.2) is 4.79 Å². The van der Waals surface area contributed by atoms with Crippen LogP contribution in [0.25, 0.3) is 6.08 Å². The number of ether oxygens (including phenoxy) is 11. The molecule has 14 heteroatoms. The second-order valence-corrected chi connectivity index (χ2v) is 18.3. The van der Waals surface area contributed by atoms with E-state index in [1.54, 1.807) is 47.1 Å². The van der Waals surface area contributed by atoms with Crippen LogP contribution in [0.15, 0.2) is 97.6 Å². The van der Waals surface area contributed by atoms with Crippen LogP contribution in [-0.4, -0.2) is 100 Å². The zero-order valence-electron chi connectivity index (χ0n) is 42.9. The maximum Gasteiger partial charge on any atom is 0.331 e. The third kappa shape index (κ3) is 18.2. The minimum atomic E-state index is -1.35. The summed E-state index contributed by atoms with van der Waals surface area (Å²) in [5, 5.41) is 0. The van der Waals surface area contributed by atoms with Gasteiger partial charge in [-0.3, -0.25) is 9.59 Å². The summed E-state index contributed by atoms with van der Waals surface area (Å²) in [6.07, 6.45) is 4.44. The van der Waals surface area contributed by atoms with E-state index in [9.17, 15) is 14.4 Å². The molecule has 11 atom stereocenters. The first-order valence-electron chi connectivity index (χ1n) is 25.5. The van der Waals surface area contributed by atoms with Crippen LogP contribution in [0.3, 0.4) is 0 Å². The Balaban J connectivity index is 1.50. The summed E-state index contributed by atoms with van der Waals surface area (Å²) in [4.78, 5) is 41.4. The molecule has 0 amide bonds. The lowest BCUT2D eigenvalue weighted by Crippen LogP contribution is -2.65. The molecule has 2 aliphatic heterocycles. The van der Waals surface area contributed by atoms with Crippen LogP contribution in [-0.2, 0) is 70.2 Å². The Bertz CT molecular complexity index is 2040. The summed E-state index contributed by atoms with van der Waals surface area (Å²) >= 11 is 0. The number of benzene rings is 3. The molecule has 0 spiro atoms. The van der Waals surface area contributed by atoms with Gasteiger partial charge in [0.1, 0.15) is 29.8 Å². The number of carbonyl (C=O) groups is 3. The van der Waals surface area contributed by atoms with Gasteiger partial charge in [-0.1, -0.05) is 133 Å². The maximum atomic E-state index is 14.0. The molecule has 390 valence electrons. The molecular formula is C57H78O14. The zero-order chi connectivity index (χ0) is 51.0. The number of unbranched alkanes of at least 4 members (excludes halogenated alkanes) is 8. The fourth-order valence-electron chi connectivity index (χ4n) is 8.43. The molecule has 0 bridgehead atoms. The summed E-state index contributed by atoms with van der Waals surface area (Å²) in [6.45, 7) is 13.5. The van der Waals surface area contributed by atoms with Gasteiger partial charge >= 0.3 is 17.9 Å². The van der Waals surface area contributed by atoms with Gasteiger partial charge in [0.25, 0.3) is 0 Å². The fourth-order valence-corrected chi connectivity index (χ4v) is 8.43. The molecule has 3 aromatic rings. The summed E-state index contributed by atoms with van der Waals surface area (Å²) in [5.74, 6) is -0.723. The van der Waals surface area contributed by atoms with E-state index < -0.39 is 85.2 Å². The van der Waals surface area contributed by atoms with Gasteiger partial charge in [0.05, 0.1) is 52.2 Å². The minimum absolute atomic E-state index is 0.0425. The maximum absolute atomic E-state index is 14.0. The molecule has 0 radical (unpaired) electrons. The largest absolute Gasteiger partial charge is 0.497 e. The second kappa shape index (κ2) is 30.7. The standard InChI is InChI=1S/C57H78O14/c1-9-12-13-14-15-16-17-18-22-25-47(58)68-49-40(5)67-57(54(69-48(59)35-30-42-23-20-19-21-24-42)51(49)64-37-43-26-31-45(61-7)32-27-43)71-50-41(6)66-56(63-36-10-2)53(70-55(60)39(4)11-3)52(50)65-38-44-28-33-46(62-8)34-29-44/h10,19-21,23-24,26-35,39-41,49-54,56-57H,2,9,11-18,22,25,36-38H2,1,3-8H3/b35-30+/t39-,40-,41-,49-,50-,51+,52+,53+,54+,56+,57-/m0/s1. The highest BCUT2D eigenvalue weighted by Crippen LogP contribution is 2.36. The number of rotatable bonds is 30. The van der Waals surface area contributed by atoms with E-state index >= 15 is 0 Å². The van der Waals surface area contributed by atoms with Crippen LogP contribution in [0.2, 0.25) is 0 Å².